The lowest BCUT2D eigenvalue weighted by Crippen LogP contribution is -2.51. The summed E-state index contributed by atoms with van der Waals surface area (Å²) in [4.78, 5) is 0. The van der Waals surface area contributed by atoms with Crippen LogP contribution in [0.3, 0.4) is 0 Å². The monoisotopic (exact) mass is 242 g/mol. The molecule has 0 aromatic heterocycles. The number of methoxy groups -OCH3 is 1. The Bertz CT molecular complexity index is 212. The number of aliphatic hydroxyl groups excluding tert-OH is 1. The maximum absolute atomic E-state index is 12.0. The minimum atomic E-state index is -5.42. The van der Waals surface area contributed by atoms with Crippen molar-refractivity contribution in [1.29, 1.82) is 0 Å². The third-order valence-corrected chi connectivity index (χ3v) is 1.63. The van der Waals surface area contributed by atoms with Crippen molar-refractivity contribution in [3.63, 3.8) is 0 Å². The summed E-state index contributed by atoms with van der Waals surface area (Å²) in [7, 11) is 0.386. The van der Waals surface area contributed by atoms with E-state index in [4.69, 9.17) is 10.2 Å². The predicted molar refractivity (Wildman–Crippen MR) is 34.7 cm³/mol. The zero-order valence-corrected chi connectivity index (χ0v) is 7.35. The molecule has 9 heteroatoms. The maximum atomic E-state index is 12.0. The van der Waals surface area contributed by atoms with E-state index < -0.39 is 30.7 Å². The van der Waals surface area contributed by atoms with Crippen molar-refractivity contribution >= 4 is 0 Å². The van der Waals surface area contributed by atoms with E-state index in [1.165, 1.54) is 0 Å². The number of aliphatic hydroxyl groups is 2. The molecule has 0 aromatic carbocycles. The molecular weight excluding hydrogens is 234 g/mol. The number of hydrogen-bond acceptors (Lipinski definition) is 3. The number of ether oxygens (including phenoxy) is 1. The lowest BCUT2D eigenvalue weighted by Gasteiger charge is -2.30. The van der Waals surface area contributed by atoms with Crippen LogP contribution in [-0.4, -0.2) is 41.6 Å². The summed E-state index contributed by atoms with van der Waals surface area (Å²) in [6, 6.07) is 0. The van der Waals surface area contributed by atoms with E-state index in [0.29, 0.717) is 7.11 Å². The van der Waals surface area contributed by atoms with Gasteiger partial charge >= 0.3 is 12.4 Å². The summed E-state index contributed by atoms with van der Waals surface area (Å²) < 4.78 is 74.7. The van der Waals surface area contributed by atoms with Gasteiger partial charge in [-0.1, -0.05) is 0 Å². The smallest absolute Gasteiger partial charge is 0.383 e. The van der Waals surface area contributed by atoms with Crippen molar-refractivity contribution in [3.05, 3.63) is 0 Å². The first-order valence-electron chi connectivity index (χ1n) is 3.53. The molecule has 0 amide bonds. The molecule has 2 unspecified atom stereocenters. The van der Waals surface area contributed by atoms with Gasteiger partial charge in [-0.25, -0.2) is 0 Å². The molecule has 0 rings (SSSR count). The van der Waals surface area contributed by atoms with E-state index in [0.717, 1.165) is 0 Å². The molecule has 0 saturated heterocycles. The molecule has 2 N–H and O–H groups in total. The lowest BCUT2D eigenvalue weighted by molar-refractivity contribution is -0.373. The van der Waals surface area contributed by atoms with Crippen LogP contribution < -0.4 is 0 Å². The summed E-state index contributed by atoms with van der Waals surface area (Å²) in [6.45, 7) is 0. The third kappa shape index (κ3) is 3.50. The molecule has 0 aliphatic carbocycles. The van der Waals surface area contributed by atoms with Gasteiger partial charge in [0.05, 0.1) is 0 Å². The fourth-order valence-corrected chi connectivity index (χ4v) is 0.693. The Morgan fingerprint density at radius 1 is 1.13 bits per heavy atom. The molecule has 0 spiro atoms. The fourth-order valence-electron chi connectivity index (χ4n) is 0.693. The van der Waals surface area contributed by atoms with Crippen molar-refractivity contribution in [2.24, 2.45) is 0 Å². The second kappa shape index (κ2) is 4.14. The van der Waals surface area contributed by atoms with Crippen LogP contribution in [0.5, 0.6) is 0 Å². The lowest BCUT2D eigenvalue weighted by atomic mass is 10.1. The highest BCUT2D eigenvalue weighted by Crippen LogP contribution is 2.37. The molecule has 0 radical (unpaired) electrons. The Labute approximate surface area is 80.3 Å². The van der Waals surface area contributed by atoms with Gasteiger partial charge < -0.3 is 14.9 Å². The van der Waals surface area contributed by atoms with Crippen LogP contribution in [0.1, 0.15) is 6.42 Å². The van der Waals surface area contributed by atoms with Crippen LogP contribution in [0.4, 0.5) is 26.3 Å². The normalized spacial score (nSPS) is 19.8. The second-order valence-electron chi connectivity index (χ2n) is 2.75. The third-order valence-electron chi connectivity index (χ3n) is 1.63. The Morgan fingerprint density at radius 3 is 1.73 bits per heavy atom. The average molecular weight is 242 g/mol. The molecule has 0 aliphatic heterocycles. The molecule has 0 heterocycles. The van der Waals surface area contributed by atoms with Gasteiger partial charge in [-0.05, 0) is 0 Å². The van der Waals surface area contributed by atoms with Crippen molar-refractivity contribution in [1.82, 2.24) is 0 Å². The van der Waals surface area contributed by atoms with E-state index in [9.17, 15) is 26.3 Å². The van der Waals surface area contributed by atoms with Crippen LogP contribution in [0.2, 0.25) is 0 Å². The number of alkyl halides is 6. The molecule has 0 aliphatic rings. The van der Waals surface area contributed by atoms with Crippen LogP contribution in [0, 0.1) is 0 Å². The van der Waals surface area contributed by atoms with Gasteiger partial charge in [0.25, 0.3) is 5.79 Å². The van der Waals surface area contributed by atoms with Gasteiger partial charge in [0.1, 0.15) is 0 Å². The molecule has 0 fully saturated rings. The van der Waals surface area contributed by atoms with Crippen LogP contribution in [0.25, 0.3) is 0 Å². The predicted octanol–water partition coefficient (Wildman–Crippen LogP) is 1.20. The Hall–Kier alpha value is -0.540. The maximum Gasteiger partial charge on any atom is 0.443 e. The molecule has 92 valence electrons. The molecule has 0 aromatic rings. The molecule has 0 bridgehead atoms. The van der Waals surface area contributed by atoms with E-state index in [1.54, 1.807) is 0 Å². The van der Waals surface area contributed by atoms with Gasteiger partial charge in [-0.15, -0.1) is 0 Å². The van der Waals surface area contributed by atoms with E-state index >= 15 is 0 Å². The fraction of sp³-hybridized carbons (Fsp3) is 1.00. The zero-order valence-electron chi connectivity index (χ0n) is 7.35. The molecule has 15 heavy (non-hydrogen) atoms. The summed E-state index contributed by atoms with van der Waals surface area (Å²) in [5.74, 6) is -4.01. The highest BCUT2D eigenvalue weighted by atomic mass is 19.4. The highest BCUT2D eigenvalue weighted by Gasteiger charge is 2.58. The van der Waals surface area contributed by atoms with Crippen molar-refractivity contribution in [2.75, 3.05) is 7.11 Å². The molecule has 0 saturated carbocycles. The number of halogens is 6. The Kier molecular flexibility index (Phi) is 3.99. The first-order chi connectivity index (χ1) is 6.44. The van der Waals surface area contributed by atoms with Crippen molar-refractivity contribution in [3.8, 4) is 0 Å². The van der Waals surface area contributed by atoms with Crippen LogP contribution >= 0.6 is 0 Å². The number of rotatable bonds is 3. The van der Waals surface area contributed by atoms with E-state index in [-0.39, 0.29) is 0 Å². The van der Waals surface area contributed by atoms with E-state index in [1.807, 2.05) is 0 Å². The SMILES string of the molecule is COC(O)(CC(O)C(F)(F)F)C(F)(F)F. The molecule has 3 nitrogen and oxygen atoms in total. The standard InChI is InChI=1S/C6H8F6O3/c1-15-4(14,6(10,11)12)2-3(13)5(7,8)9/h3,13-14H,2H2,1H3. The highest BCUT2D eigenvalue weighted by molar-refractivity contribution is 4.82. The first kappa shape index (κ1) is 14.5. The molecular formula is C6H8F6O3. The Balaban J connectivity index is 4.74. The van der Waals surface area contributed by atoms with Gasteiger partial charge in [0.2, 0.25) is 0 Å². The summed E-state index contributed by atoms with van der Waals surface area (Å²) in [6.07, 6.45) is -16.0. The average Bonchev–Trinajstić information content (AvgIpc) is 2.00. The minimum Gasteiger partial charge on any atom is -0.383 e. The van der Waals surface area contributed by atoms with Gasteiger partial charge in [-0.3, -0.25) is 0 Å². The van der Waals surface area contributed by atoms with Gasteiger partial charge in [0.15, 0.2) is 6.10 Å². The minimum absolute atomic E-state index is 0.386. The summed E-state index contributed by atoms with van der Waals surface area (Å²) >= 11 is 0. The zero-order chi connectivity index (χ0) is 12.5. The van der Waals surface area contributed by atoms with Gasteiger partial charge in [-0.2, -0.15) is 26.3 Å². The largest absolute Gasteiger partial charge is 0.443 e. The second-order valence-corrected chi connectivity index (χ2v) is 2.75. The van der Waals surface area contributed by atoms with Crippen molar-refractivity contribution in [2.45, 2.75) is 30.7 Å². The summed E-state index contributed by atoms with van der Waals surface area (Å²) in [5, 5.41) is 17.0. The van der Waals surface area contributed by atoms with Gasteiger partial charge in [0, 0.05) is 13.5 Å². The van der Waals surface area contributed by atoms with E-state index in [2.05, 4.69) is 4.74 Å². The topological polar surface area (TPSA) is 49.7 Å². The van der Waals surface area contributed by atoms with Crippen LogP contribution in [-0.2, 0) is 4.74 Å². The van der Waals surface area contributed by atoms with Crippen LogP contribution in [0.15, 0.2) is 0 Å². The first-order valence-corrected chi connectivity index (χ1v) is 3.53. The molecule has 2 atom stereocenters. The Morgan fingerprint density at radius 2 is 1.53 bits per heavy atom. The van der Waals surface area contributed by atoms with Crippen molar-refractivity contribution < 1.29 is 41.3 Å². The number of hydrogen-bond donors (Lipinski definition) is 2. The summed E-state index contributed by atoms with van der Waals surface area (Å²) in [5.41, 5.74) is 0. The quantitative estimate of drug-likeness (QED) is 0.577.